The third kappa shape index (κ3) is 1.94. The van der Waals surface area contributed by atoms with Gasteiger partial charge in [0.1, 0.15) is 0 Å². The van der Waals surface area contributed by atoms with E-state index in [0.29, 0.717) is 0 Å². The van der Waals surface area contributed by atoms with Crippen LogP contribution in [0.2, 0.25) is 0 Å². The van der Waals surface area contributed by atoms with Gasteiger partial charge in [0, 0.05) is 24.2 Å². The Morgan fingerprint density at radius 2 is 1.70 bits per heavy atom. The number of hydrogen-bond acceptors (Lipinski definition) is 0. The van der Waals surface area contributed by atoms with Gasteiger partial charge in [-0.3, -0.25) is 0 Å². The molecule has 1 atom stereocenters. The first-order chi connectivity index (χ1) is 9.65. The molecule has 0 aliphatic rings. The van der Waals surface area contributed by atoms with E-state index in [2.05, 4.69) is 86.3 Å². The molecule has 1 heteroatoms. The van der Waals surface area contributed by atoms with E-state index in [4.69, 9.17) is 0 Å². The van der Waals surface area contributed by atoms with Crippen LogP contribution in [-0.4, -0.2) is 4.57 Å². The highest BCUT2D eigenvalue weighted by atomic mass is 14.9. The molecule has 0 amide bonds. The summed E-state index contributed by atoms with van der Waals surface area (Å²) in [5.41, 5.74) is 4.15. The fraction of sp³-hybridized carbons (Fsp3) is 0.263. The van der Waals surface area contributed by atoms with Gasteiger partial charge in [0.25, 0.3) is 0 Å². The summed E-state index contributed by atoms with van der Waals surface area (Å²) in [7, 11) is 2.11. The summed E-state index contributed by atoms with van der Waals surface area (Å²) in [6, 6.07) is 19.8. The molecule has 102 valence electrons. The zero-order chi connectivity index (χ0) is 14.2. The number of rotatable bonds is 3. The van der Waals surface area contributed by atoms with Gasteiger partial charge in [-0.05, 0) is 35.1 Å². The van der Waals surface area contributed by atoms with E-state index < -0.39 is 0 Å². The van der Waals surface area contributed by atoms with Crippen molar-refractivity contribution in [2.45, 2.75) is 25.7 Å². The van der Waals surface area contributed by atoms with Gasteiger partial charge in [0.2, 0.25) is 0 Å². The van der Waals surface area contributed by atoms with Crippen molar-refractivity contribution in [3.63, 3.8) is 0 Å². The van der Waals surface area contributed by atoms with Crippen molar-refractivity contribution < 1.29 is 0 Å². The lowest BCUT2D eigenvalue weighted by atomic mass is 9.74. The van der Waals surface area contributed by atoms with Crippen LogP contribution in [0.15, 0.2) is 60.8 Å². The fourth-order valence-electron chi connectivity index (χ4n) is 2.99. The summed E-state index contributed by atoms with van der Waals surface area (Å²) < 4.78 is 2.19. The summed E-state index contributed by atoms with van der Waals surface area (Å²) in [5.74, 6) is 0. The van der Waals surface area contributed by atoms with Gasteiger partial charge in [-0.1, -0.05) is 56.3 Å². The molecule has 0 spiro atoms. The molecule has 3 aromatic rings. The Morgan fingerprint density at radius 3 is 2.40 bits per heavy atom. The maximum atomic E-state index is 2.34. The lowest BCUT2D eigenvalue weighted by Crippen LogP contribution is -2.22. The van der Waals surface area contributed by atoms with Crippen LogP contribution in [0, 0.1) is 0 Å². The van der Waals surface area contributed by atoms with E-state index in [0.717, 1.165) is 6.42 Å². The first kappa shape index (κ1) is 13.0. The maximum Gasteiger partial charge on any atom is 0.0480 e. The van der Waals surface area contributed by atoms with E-state index >= 15 is 0 Å². The summed E-state index contributed by atoms with van der Waals surface area (Å²) >= 11 is 0. The quantitative estimate of drug-likeness (QED) is 0.633. The van der Waals surface area contributed by atoms with Gasteiger partial charge < -0.3 is 4.57 Å². The molecular formula is C19H21N. The molecule has 20 heavy (non-hydrogen) atoms. The van der Waals surface area contributed by atoms with E-state index in [1.54, 1.807) is 0 Å². The minimum atomic E-state index is 0.0692. The number of aromatic nitrogens is 1. The van der Waals surface area contributed by atoms with Crippen LogP contribution in [0.3, 0.4) is 0 Å². The SMILES string of the molecule is CCC(C)(c1ccccc1)c1ccc2ccn(C)c2c1. The number of aryl methyl sites for hydroxylation is 1. The molecule has 0 fully saturated rings. The van der Waals surface area contributed by atoms with E-state index in [9.17, 15) is 0 Å². The number of benzene rings is 2. The second-order valence-electron chi connectivity index (χ2n) is 5.75. The third-order valence-corrected chi connectivity index (χ3v) is 4.64. The maximum absolute atomic E-state index is 2.34. The van der Waals surface area contributed by atoms with Gasteiger partial charge in [-0.15, -0.1) is 0 Å². The van der Waals surface area contributed by atoms with Crippen molar-refractivity contribution in [2.24, 2.45) is 7.05 Å². The topological polar surface area (TPSA) is 4.93 Å². The van der Waals surface area contributed by atoms with E-state index in [1.165, 1.54) is 22.0 Å². The predicted molar refractivity (Wildman–Crippen MR) is 86.1 cm³/mol. The number of nitrogens with zero attached hydrogens (tertiary/aromatic N) is 1. The van der Waals surface area contributed by atoms with Crippen LogP contribution in [0.5, 0.6) is 0 Å². The van der Waals surface area contributed by atoms with Gasteiger partial charge in [-0.25, -0.2) is 0 Å². The number of fused-ring (bicyclic) bond motifs is 1. The second-order valence-corrected chi connectivity index (χ2v) is 5.75. The van der Waals surface area contributed by atoms with E-state index in [-0.39, 0.29) is 5.41 Å². The lowest BCUT2D eigenvalue weighted by Gasteiger charge is -2.30. The molecule has 0 saturated heterocycles. The van der Waals surface area contributed by atoms with Gasteiger partial charge in [0.05, 0.1) is 0 Å². The third-order valence-electron chi connectivity index (χ3n) is 4.64. The van der Waals surface area contributed by atoms with Crippen LogP contribution in [0.25, 0.3) is 10.9 Å². The van der Waals surface area contributed by atoms with Crippen molar-refractivity contribution in [3.05, 3.63) is 71.9 Å². The average Bonchev–Trinajstić information content (AvgIpc) is 2.88. The average molecular weight is 263 g/mol. The van der Waals surface area contributed by atoms with Crippen molar-refractivity contribution in [1.29, 1.82) is 0 Å². The Hall–Kier alpha value is -2.02. The molecule has 0 aliphatic carbocycles. The second kappa shape index (κ2) is 4.82. The predicted octanol–water partition coefficient (Wildman–Crippen LogP) is 4.89. The molecule has 0 bridgehead atoms. The van der Waals surface area contributed by atoms with Crippen LogP contribution < -0.4 is 0 Å². The largest absolute Gasteiger partial charge is 0.351 e. The van der Waals surface area contributed by atoms with Crippen LogP contribution >= 0.6 is 0 Å². The van der Waals surface area contributed by atoms with Crippen molar-refractivity contribution in [3.8, 4) is 0 Å². The highest BCUT2D eigenvalue weighted by molar-refractivity contribution is 5.81. The fourth-order valence-corrected chi connectivity index (χ4v) is 2.99. The summed E-state index contributed by atoms with van der Waals surface area (Å²) in [4.78, 5) is 0. The minimum absolute atomic E-state index is 0.0692. The van der Waals surface area contributed by atoms with Gasteiger partial charge in [0.15, 0.2) is 0 Å². The Labute approximate surface area is 120 Å². The Morgan fingerprint density at radius 1 is 0.950 bits per heavy atom. The molecule has 2 aromatic carbocycles. The lowest BCUT2D eigenvalue weighted by molar-refractivity contribution is 0.550. The van der Waals surface area contributed by atoms with Crippen molar-refractivity contribution in [2.75, 3.05) is 0 Å². The van der Waals surface area contributed by atoms with Crippen LogP contribution in [-0.2, 0) is 12.5 Å². The highest BCUT2D eigenvalue weighted by Crippen LogP contribution is 2.36. The molecule has 0 radical (unpaired) electrons. The molecule has 0 saturated carbocycles. The molecule has 0 N–H and O–H groups in total. The molecule has 0 aliphatic heterocycles. The van der Waals surface area contributed by atoms with Crippen molar-refractivity contribution >= 4 is 10.9 Å². The van der Waals surface area contributed by atoms with Gasteiger partial charge >= 0.3 is 0 Å². The molecule has 3 rings (SSSR count). The van der Waals surface area contributed by atoms with Crippen LogP contribution in [0.4, 0.5) is 0 Å². The first-order valence-electron chi connectivity index (χ1n) is 7.26. The number of hydrogen-bond donors (Lipinski definition) is 0. The highest BCUT2D eigenvalue weighted by Gasteiger charge is 2.26. The smallest absolute Gasteiger partial charge is 0.0480 e. The Bertz CT molecular complexity index is 724. The zero-order valence-corrected chi connectivity index (χ0v) is 12.4. The zero-order valence-electron chi connectivity index (χ0n) is 12.4. The van der Waals surface area contributed by atoms with Crippen molar-refractivity contribution in [1.82, 2.24) is 4.57 Å². The van der Waals surface area contributed by atoms with Gasteiger partial charge in [-0.2, -0.15) is 0 Å². The summed E-state index contributed by atoms with van der Waals surface area (Å²) in [6.07, 6.45) is 3.22. The first-order valence-corrected chi connectivity index (χ1v) is 7.26. The monoisotopic (exact) mass is 263 g/mol. The molecule has 1 unspecified atom stereocenters. The summed E-state index contributed by atoms with van der Waals surface area (Å²) in [6.45, 7) is 4.61. The Kier molecular flexibility index (Phi) is 3.13. The summed E-state index contributed by atoms with van der Waals surface area (Å²) in [5, 5.41) is 1.31. The molecule has 1 aromatic heterocycles. The standard InChI is InChI=1S/C19H21N/c1-4-19(2,16-8-6-5-7-9-16)17-11-10-15-12-13-20(3)18(15)14-17/h5-14H,4H2,1-3H3. The minimum Gasteiger partial charge on any atom is -0.351 e. The van der Waals surface area contributed by atoms with E-state index in [1.807, 2.05) is 0 Å². The normalized spacial score (nSPS) is 14.3. The molecular weight excluding hydrogens is 242 g/mol. The molecule has 1 nitrogen and oxygen atoms in total. The molecule has 1 heterocycles. The van der Waals surface area contributed by atoms with Crippen LogP contribution in [0.1, 0.15) is 31.4 Å². The Balaban J connectivity index is 2.18.